The zero-order valence-corrected chi connectivity index (χ0v) is 14.2. The lowest BCUT2D eigenvalue weighted by Gasteiger charge is -2.19. The highest BCUT2D eigenvalue weighted by atomic mass is 16.6. The average molecular weight is 321 g/mol. The number of benzene rings is 1. The molecule has 0 fully saturated rings. The van der Waals surface area contributed by atoms with Crippen molar-refractivity contribution in [2.24, 2.45) is 0 Å². The van der Waals surface area contributed by atoms with Crippen molar-refractivity contribution in [3.63, 3.8) is 0 Å². The van der Waals surface area contributed by atoms with Gasteiger partial charge in [0.25, 0.3) is 0 Å². The lowest BCUT2D eigenvalue weighted by molar-refractivity contribution is 0.0526. The number of esters is 1. The molecule has 0 spiro atoms. The third-order valence-corrected chi connectivity index (χ3v) is 2.90. The molecule has 1 amide bonds. The highest BCUT2D eigenvalue weighted by molar-refractivity contribution is 5.98. The topological polar surface area (TPSA) is 81.7 Å². The summed E-state index contributed by atoms with van der Waals surface area (Å²) in [6.07, 6.45) is -0.0434. The second-order valence-corrected chi connectivity index (χ2v) is 6.15. The molecule has 1 aromatic rings. The van der Waals surface area contributed by atoms with Gasteiger partial charge < -0.3 is 14.8 Å². The maximum absolute atomic E-state index is 11.7. The summed E-state index contributed by atoms with van der Waals surface area (Å²) in [5.41, 5.74) is 0.943. The van der Waals surface area contributed by atoms with Crippen molar-refractivity contribution in [1.82, 2.24) is 5.32 Å². The summed E-state index contributed by atoms with van der Waals surface area (Å²) in [5.74, 6) is -0.647. The van der Waals surface area contributed by atoms with Crippen LogP contribution in [0, 0.1) is 0 Å². The lowest BCUT2D eigenvalue weighted by Crippen LogP contribution is -2.33. The molecule has 126 valence electrons. The summed E-state index contributed by atoms with van der Waals surface area (Å²) in [5, 5.41) is 2.64. The van der Waals surface area contributed by atoms with Gasteiger partial charge in [0, 0.05) is 12.1 Å². The summed E-state index contributed by atoms with van der Waals surface area (Å²) in [7, 11) is 1.28. The molecule has 0 unspecified atom stereocenters. The van der Waals surface area contributed by atoms with Crippen LogP contribution in [0.25, 0.3) is 0 Å². The molecule has 0 aliphatic carbocycles. The number of carbonyl (C=O) groups excluding carboxylic acids is 3. The minimum Gasteiger partial charge on any atom is -0.465 e. The van der Waals surface area contributed by atoms with Crippen molar-refractivity contribution in [2.75, 3.05) is 13.7 Å². The van der Waals surface area contributed by atoms with E-state index in [2.05, 4.69) is 10.1 Å². The zero-order chi connectivity index (χ0) is 17.6. The van der Waals surface area contributed by atoms with Crippen LogP contribution in [0.2, 0.25) is 0 Å². The van der Waals surface area contributed by atoms with Gasteiger partial charge in [-0.2, -0.15) is 0 Å². The van der Waals surface area contributed by atoms with Crippen LogP contribution < -0.4 is 5.32 Å². The predicted octanol–water partition coefficient (Wildman–Crippen LogP) is 2.74. The summed E-state index contributed by atoms with van der Waals surface area (Å²) < 4.78 is 9.82. The van der Waals surface area contributed by atoms with Gasteiger partial charge in [-0.1, -0.05) is 0 Å². The Kier molecular flexibility index (Phi) is 6.30. The Morgan fingerprint density at radius 3 is 2.22 bits per heavy atom. The van der Waals surface area contributed by atoms with E-state index in [-0.39, 0.29) is 5.78 Å². The number of alkyl carbamates (subject to hydrolysis) is 1. The molecule has 1 rings (SSSR count). The minimum absolute atomic E-state index is 0.142. The van der Waals surface area contributed by atoms with Gasteiger partial charge in [0.05, 0.1) is 12.7 Å². The number of hydrogen-bond acceptors (Lipinski definition) is 5. The number of ether oxygens (including phenoxy) is 2. The molecule has 0 aliphatic rings. The molecule has 0 heterocycles. The second-order valence-electron chi connectivity index (χ2n) is 6.15. The number of methoxy groups -OCH3 is 1. The minimum atomic E-state index is -0.559. The van der Waals surface area contributed by atoms with E-state index < -0.39 is 17.7 Å². The van der Waals surface area contributed by atoms with Crippen molar-refractivity contribution < 1.29 is 23.9 Å². The van der Waals surface area contributed by atoms with E-state index in [9.17, 15) is 14.4 Å². The SMILES string of the molecule is COC(=O)c1cc(CCNC(=O)OC(C)(C)C)cc(C(C)=O)c1. The Balaban J connectivity index is 2.76. The first-order valence-electron chi connectivity index (χ1n) is 7.32. The van der Waals surface area contributed by atoms with E-state index in [1.807, 2.05) is 0 Å². The van der Waals surface area contributed by atoms with Crippen molar-refractivity contribution in [3.05, 3.63) is 34.9 Å². The van der Waals surface area contributed by atoms with Gasteiger partial charge in [-0.3, -0.25) is 4.79 Å². The number of nitrogens with one attached hydrogen (secondary N) is 1. The van der Waals surface area contributed by atoms with Gasteiger partial charge in [-0.15, -0.1) is 0 Å². The molecule has 6 nitrogen and oxygen atoms in total. The molecule has 1 aromatic carbocycles. The van der Waals surface area contributed by atoms with Gasteiger partial charge in [0.15, 0.2) is 5.78 Å². The Morgan fingerprint density at radius 1 is 1.09 bits per heavy atom. The second kappa shape index (κ2) is 7.76. The third kappa shape index (κ3) is 6.50. The highest BCUT2D eigenvalue weighted by Crippen LogP contribution is 2.13. The van der Waals surface area contributed by atoms with E-state index in [0.29, 0.717) is 24.1 Å². The molecule has 1 N–H and O–H groups in total. The van der Waals surface area contributed by atoms with Gasteiger partial charge in [0.2, 0.25) is 0 Å². The average Bonchev–Trinajstić information content (AvgIpc) is 2.44. The fourth-order valence-corrected chi connectivity index (χ4v) is 1.90. The number of hydrogen-bond donors (Lipinski definition) is 1. The van der Waals surface area contributed by atoms with Crippen LogP contribution in [0.5, 0.6) is 0 Å². The first-order chi connectivity index (χ1) is 10.6. The number of ketones is 1. The molecule has 0 bridgehead atoms. The fourth-order valence-electron chi connectivity index (χ4n) is 1.90. The van der Waals surface area contributed by atoms with E-state index in [1.54, 1.807) is 32.9 Å². The first kappa shape index (κ1) is 18.7. The van der Waals surface area contributed by atoms with Gasteiger partial charge in [-0.25, -0.2) is 9.59 Å². The van der Waals surface area contributed by atoms with E-state index >= 15 is 0 Å². The largest absolute Gasteiger partial charge is 0.465 e. The van der Waals surface area contributed by atoms with Gasteiger partial charge >= 0.3 is 12.1 Å². The Bertz CT molecular complexity index is 601. The van der Waals surface area contributed by atoms with Crippen molar-refractivity contribution in [2.45, 2.75) is 39.7 Å². The molecule has 0 radical (unpaired) electrons. The van der Waals surface area contributed by atoms with Crippen LogP contribution in [0.4, 0.5) is 4.79 Å². The monoisotopic (exact) mass is 321 g/mol. The zero-order valence-electron chi connectivity index (χ0n) is 14.2. The smallest absolute Gasteiger partial charge is 0.407 e. The fraction of sp³-hybridized carbons (Fsp3) is 0.471. The van der Waals surface area contributed by atoms with Crippen molar-refractivity contribution in [3.8, 4) is 0 Å². The van der Waals surface area contributed by atoms with Crippen LogP contribution in [-0.2, 0) is 15.9 Å². The van der Waals surface area contributed by atoms with Crippen molar-refractivity contribution in [1.29, 1.82) is 0 Å². The maximum Gasteiger partial charge on any atom is 0.407 e. The van der Waals surface area contributed by atoms with Crippen LogP contribution in [0.3, 0.4) is 0 Å². The molecule has 0 saturated heterocycles. The van der Waals surface area contributed by atoms with Gasteiger partial charge in [-0.05, 0) is 57.9 Å². The standard InChI is InChI=1S/C17H23NO5/c1-11(19)13-8-12(9-14(10-13)15(20)22-5)6-7-18-16(21)23-17(2,3)4/h8-10H,6-7H2,1-5H3,(H,18,21). The van der Waals surface area contributed by atoms with Crippen molar-refractivity contribution >= 4 is 17.8 Å². The van der Waals surface area contributed by atoms with E-state index in [1.165, 1.54) is 20.1 Å². The summed E-state index contributed by atoms with van der Waals surface area (Å²) in [6.45, 7) is 7.11. The van der Waals surface area contributed by atoms with Gasteiger partial charge in [0.1, 0.15) is 5.60 Å². The molecule has 0 atom stereocenters. The van der Waals surface area contributed by atoms with E-state index in [0.717, 1.165) is 5.56 Å². The normalized spacial score (nSPS) is 10.8. The molecular formula is C17H23NO5. The summed E-state index contributed by atoms with van der Waals surface area (Å²) in [4.78, 5) is 34.8. The van der Waals surface area contributed by atoms with Crippen LogP contribution >= 0.6 is 0 Å². The number of rotatable bonds is 5. The van der Waals surface area contributed by atoms with Crippen LogP contribution in [0.15, 0.2) is 18.2 Å². The maximum atomic E-state index is 11.7. The molecule has 0 saturated carbocycles. The Labute approximate surface area is 136 Å². The third-order valence-electron chi connectivity index (χ3n) is 2.90. The van der Waals surface area contributed by atoms with E-state index in [4.69, 9.17) is 4.74 Å². The number of carbonyl (C=O) groups is 3. The number of amides is 1. The molecule has 0 aromatic heterocycles. The van der Waals surface area contributed by atoms with Crippen LogP contribution in [0.1, 0.15) is 54.0 Å². The molecular weight excluding hydrogens is 298 g/mol. The highest BCUT2D eigenvalue weighted by Gasteiger charge is 2.16. The summed E-state index contributed by atoms with van der Waals surface area (Å²) >= 11 is 0. The van der Waals surface area contributed by atoms with Crippen LogP contribution in [-0.4, -0.2) is 37.1 Å². The molecule has 0 aliphatic heterocycles. The quantitative estimate of drug-likeness (QED) is 0.666. The summed E-state index contributed by atoms with van der Waals surface area (Å²) in [6, 6.07) is 4.85. The molecule has 23 heavy (non-hydrogen) atoms. The molecule has 6 heteroatoms. The Hall–Kier alpha value is -2.37. The Morgan fingerprint density at radius 2 is 1.70 bits per heavy atom. The first-order valence-corrected chi connectivity index (χ1v) is 7.32. The predicted molar refractivity (Wildman–Crippen MR) is 85.7 cm³/mol. The lowest BCUT2D eigenvalue weighted by atomic mass is 10.0. The number of Topliss-reactive ketones (excluding diaryl/α,β-unsaturated/α-hetero) is 1.